The van der Waals surface area contributed by atoms with Gasteiger partial charge in [0, 0.05) is 49.8 Å². The molecule has 3 aromatic rings. The molecule has 1 fully saturated rings. The number of hydrogen-bond acceptors (Lipinski definition) is 6. The molecule has 4 rings (SSSR count). The predicted octanol–water partition coefficient (Wildman–Crippen LogP) is 2.76. The number of carboxylic acid groups (broad SMARTS) is 2. The number of aliphatic carboxylic acids is 2. The number of benzene rings is 2. The van der Waals surface area contributed by atoms with E-state index in [0.717, 1.165) is 56.3 Å². The summed E-state index contributed by atoms with van der Waals surface area (Å²) in [7, 11) is 0. The molecule has 5 N–H and O–H groups in total. The van der Waals surface area contributed by atoms with Gasteiger partial charge in [0.15, 0.2) is 5.69 Å². The van der Waals surface area contributed by atoms with Crippen LogP contribution in [-0.4, -0.2) is 81.0 Å². The van der Waals surface area contributed by atoms with Gasteiger partial charge in [-0.15, -0.1) is 0 Å². The third kappa shape index (κ3) is 8.76. The molecule has 0 radical (unpaired) electrons. The number of anilines is 1. The number of nitrogens with zero attached hydrogens (tertiary/aromatic N) is 3. The Hall–Kier alpha value is -4.52. The normalized spacial score (nSPS) is 13.7. The standard InChI is InChI=1S/C25H31FN6O2.C2H2O4/c1-2-14-32-22-6-4-3-5-21(22)23(30-32)24(33)27-13-17-31-15-11-20(12-16-31)29-25(34)28-19-9-7-18(26)8-10-19;3-1(4)2(5)6/h3-10,20H,2,11-17H2,1H3,(H,27,33)(H2,28,29,34);(H,3,4)(H,5,6). The molecule has 0 bridgehead atoms. The number of fused-ring (bicyclic) bond motifs is 1. The van der Waals surface area contributed by atoms with Gasteiger partial charge in [-0.3, -0.25) is 9.48 Å². The zero-order valence-corrected chi connectivity index (χ0v) is 22.1. The maximum absolute atomic E-state index is 13.0. The fourth-order valence-electron chi connectivity index (χ4n) is 4.28. The van der Waals surface area contributed by atoms with Crippen LogP contribution in [0.5, 0.6) is 0 Å². The highest BCUT2D eigenvalue weighted by Gasteiger charge is 2.21. The van der Waals surface area contributed by atoms with E-state index in [2.05, 4.69) is 32.9 Å². The molecule has 12 nitrogen and oxygen atoms in total. The van der Waals surface area contributed by atoms with E-state index in [1.54, 1.807) is 0 Å². The minimum atomic E-state index is -1.82. The Kier molecular flexibility index (Phi) is 10.9. The van der Waals surface area contributed by atoms with Crippen molar-refractivity contribution in [2.24, 2.45) is 0 Å². The van der Waals surface area contributed by atoms with Crippen LogP contribution in [0.3, 0.4) is 0 Å². The first-order chi connectivity index (χ1) is 19.2. The number of hydrogen-bond donors (Lipinski definition) is 5. The van der Waals surface area contributed by atoms with Gasteiger partial charge in [0.25, 0.3) is 5.91 Å². The molecular weight excluding hydrogens is 523 g/mol. The number of amides is 3. The summed E-state index contributed by atoms with van der Waals surface area (Å²) < 4.78 is 14.9. The summed E-state index contributed by atoms with van der Waals surface area (Å²) in [6, 6.07) is 13.3. The Balaban J connectivity index is 0.000000663. The highest BCUT2D eigenvalue weighted by atomic mass is 19.1. The van der Waals surface area contributed by atoms with Gasteiger partial charge in [0.1, 0.15) is 5.82 Å². The van der Waals surface area contributed by atoms with Crippen LogP contribution in [0, 0.1) is 5.82 Å². The third-order valence-corrected chi connectivity index (χ3v) is 6.23. The second kappa shape index (κ2) is 14.6. The number of halogens is 1. The van der Waals surface area contributed by atoms with E-state index in [0.29, 0.717) is 17.9 Å². The van der Waals surface area contributed by atoms with E-state index in [-0.39, 0.29) is 23.8 Å². The number of para-hydroxylation sites is 1. The monoisotopic (exact) mass is 556 g/mol. The Morgan fingerprint density at radius 3 is 2.25 bits per heavy atom. The summed E-state index contributed by atoms with van der Waals surface area (Å²) in [6.45, 7) is 5.83. The molecule has 3 amide bonds. The van der Waals surface area contributed by atoms with Gasteiger partial charge in [-0.25, -0.2) is 18.8 Å². The molecule has 1 saturated heterocycles. The molecule has 13 heteroatoms. The molecule has 0 spiro atoms. The lowest BCUT2D eigenvalue weighted by Gasteiger charge is -2.32. The number of piperidine rings is 1. The van der Waals surface area contributed by atoms with Crippen molar-refractivity contribution < 1.29 is 33.8 Å². The number of aromatic nitrogens is 2. The van der Waals surface area contributed by atoms with Crippen molar-refractivity contribution in [1.29, 1.82) is 0 Å². The van der Waals surface area contributed by atoms with Crippen LogP contribution in [-0.2, 0) is 16.1 Å². The quantitative estimate of drug-likeness (QED) is 0.264. The maximum atomic E-state index is 13.0. The largest absolute Gasteiger partial charge is 0.473 e. The summed E-state index contributed by atoms with van der Waals surface area (Å²) in [5.74, 6) is -4.14. The van der Waals surface area contributed by atoms with Gasteiger partial charge in [-0.1, -0.05) is 25.1 Å². The molecular formula is C27H33FN6O6. The molecule has 1 aromatic heterocycles. The number of aryl methyl sites for hydroxylation is 1. The van der Waals surface area contributed by atoms with Crippen LogP contribution in [0.1, 0.15) is 36.7 Å². The first kappa shape index (κ1) is 30.0. The van der Waals surface area contributed by atoms with Gasteiger partial charge in [0.2, 0.25) is 0 Å². The number of rotatable bonds is 8. The molecule has 0 aliphatic carbocycles. The average Bonchev–Trinajstić information content (AvgIpc) is 3.30. The van der Waals surface area contributed by atoms with Crippen LogP contribution in [0.4, 0.5) is 14.9 Å². The molecule has 214 valence electrons. The zero-order valence-electron chi connectivity index (χ0n) is 22.1. The molecule has 0 unspecified atom stereocenters. The average molecular weight is 557 g/mol. The molecule has 0 saturated carbocycles. The third-order valence-electron chi connectivity index (χ3n) is 6.23. The first-order valence-electron chi connectivity index (χ1n) is 12.9. The first-order valence-corrected chi connectivity index (χ1v) is 12.9. The van der Waals surface area contributed by atoms with Crippen molar-refractivity contribution >= 4 is 40.5 Å². The number of nitrogens with one attached hydrogen (secondary N) is 3. The van der Waals surface area contributed by atoms with E-state index < -0.39 is 11.9 Å². The van der Waals surface area contributed by atoms with E-state index in [1.807, 2.05) is 28.9 Å². The Bertz CT molecular complexity index is 1310. The Morgan fingerprint density at radius 2 is 1.62 bits per heavy atom. The van der Waals surface area contributed by atoms with Gasteiger partial charge < -0.3 is 31.1 Å². The maximum Gasteiger partial charge on any atom is 0.414 e. The van der Waals surface area contributed by atoms with E-state index in [9.17, 15) is 14.0 Å². The summed E-state index contributed by atoms with van der Waals surface area (Å²) in [6.07, 6.45) is 2.61. The lowest BCUT2D eigenvalue weighted by Crippen LogP contribution is -2.47. The molecule has 2 heterocycles. The van der Waals surface area contributed by atoms with Crippen molar-refractivity contribution in [3.8, 4) is 0 Å². The number of carbonyl (C=O) groups excluding carboxylic acids is 2. The molecule has 1 aliphatic rings. The SMILES string of the molecule is CCCn1nc(C(=O)NCCN2CCC(NC(=O)Nc3ccc(F)cc3)CC2)c2ccccc21.O=C(O)C(=O)O. The molecule has 40 heavy (non-hydrogen) atoms. The predicted molar refractivity (Wildman–Crippen MR) is 146 cm³/mol. The summed E-state index contributed by atoms with van der Waals surface area (Å²) in [5.41, 5.74) is 2.01. The van der Waals surface area contributed by atoms with E-state index in [1.165, 1.54) is 24.3 Å². The van der Waals surface area contributed by atoms with Crippen LogP contribution < -0.4 is 16.0 Å². The fraction of sp³-hybridized carbons (Fsp3) is 0.370. The van der Waals surface area contributed by atoms with Crippen molar-refractivity contribution in [2.75, 3.05) is 31.5 Å². The summed E-state index contributed by atoms with van der Waals surface area (Å²) >= 11 is 0. The smallest absolute Gasteiger partial charge is 0.414 e. The van der Waals surface area contributed by atoms with Gasteiger partial charge in [-0.05, 0) is 49.6 Å². The topological polar surface area (TPSA) is 166 Å². The van der Waals surface area contributed by atoms with Crippen molar-refractivity contribution in [3.05, 3.63) is 60.0 Å². The number of urea groups is 1. The van der Waals surface area contributed by atoms with Gasteiger partial charge in [-0.2, -0.15) is 5.10 Å². The number of likely N-dealkylation sites (tertiary alicyclic amines) is 1. The van der Waals surface area contributed by atoms with Crippen molar-refractivity contribution in [2.45, 2.75) is 38.8 Å². The van der Waals surface area contributed by atoms with Crippen LogP contribution in [0.2, 0.25) is 0 Å². The summed E-state index contributed by atoms with van der Waals surface area (Å²) in [4.78, 5) is 45.4. The van der Waals surface area contributed by atoms with Crippen LogP contribution >= 0.6 is 0 Å². The van der Waals surface area contributed by atoms with Gasteiger partial charge >= 0.3 is 18.0 Å². The highest BCUT2D eigenvalue weighted by Crippen LogP contribution is 2.19. The fourth-order valence-corrected chi connectivity index (χ4v) is 4.28. The molecule has 0 atom stereocenters. The molecule has 1 aliphatic heterocycles. The van der Waals surface area contributed by atoms with Crippen LogP contribution in [0.25, 0.3) is 10.9 Å². The minimum absolute atomic E-state index is 0.0835. The number of carbonyl (C=O) groups is 4. The second-order valence-electron chi connectivity index (χ2n) is 9.18. The van der Waals surface area contributed by atoms with Crippen molar-refractivity contribution in [1.82, 2.24) is 25.3 Å². The Morgan fingerprint density at radius 1 is 0.975 bits per heavy atom. The van der Waals surface area contributed by atoms with E-state index in [4.69, 9.17) is 19.8 Å². The van der Waals surface area contributed by atoms with Crippen LogP contribution in [0.15, 0.2) is 48.5 Å². The highest BCUT2D eigenvalue weighted by molar-refractivity contribution is 6.27. The number of carboxylic acids is 2. The minimum Gasteiger partial charge on any atom is -0.473 e. The van der Waals surface area contributed by atoms with Gasteiger partial charge in [0.05, 0.1) is 5.52 Å². The lowest BCUT2D eigenvalue weighted by molar-refractivity contribution is -0.159. The Labute approximate surface area is 230 Å². The zero-order chi connectivity index (χ0) is 29.1. The van der Waals surface area contributed by atoms with E-state index >= 15 is 0 Å². The second-order valence-corrected chi connectivity index (χ2v) is 9.18. The molecule has 2 aromatic carbocycles. The van der Waals surface area contributed by atoms with Crippen molar-refractivity contribution in [3.63, 3.8) is 0 Å². The lowest BCUT2D eigenvalue weighted by atomic mass is 10.1. The summed E-state index contributed by atoms with van der Waals surface area (Å²) in [5, 5.41) is 28.9.